The Bertz CT molecular complexity index is 1870. The summed E-state index contributed by atoms with van der Waals surface area (Å²) in [5, 5.41) is 29.7. The number of hydrogen-bond donors (Lipinski definition) is 5. The lowest BCUT2D eigenvalue weighted by molar-refractivity contribution is 0.0593. The molecule has 0 spiro atoms. The van der Waals surface area contributed by atoms with Crippen LogP contribution >= 0.6 is 11.3 Å². The number of benzene rings is 3. The molecule has 9 nitrogen and oxygen atoms in total. The molecule has 1 aliphatic heterocycles. The highest BCUT2D eigenvalue weighted by atomic mass is 32.1. The summed E-state index contributed by atoms with van der Waals surface area (Å²) in [6.07, 6.45) is 4.48. The molecule has 1 saturated heterocycles. The van der Waals surface area contributed by atoms with Crippen LogP contribution in [0.5, 0.6) is 5.75 Å². The first-order valence-corrected chi connectivity index (χ1v) is 18.0. The Balaban J connectivity index is 0.847. The molecule has 49 heavy (non-hydrogen) atoms. The maximum Gasteiger partial charge on any atom is 0.411 e. The number of anilines is 1. The number of carbonyl (C=O) groups is 1. The third-order valence-electron chi connectivity index (χ3n) is 9.17. The van der Waals surface area contributed by atoms with Gasteiger partial charge in [-0.2, -0.15) is 0 Å². The van der Waals surface area contributed by atoms with Crippen molar-refractivity contribution >= 4 is 34.0 Å². The second-order valence-electron chi connectivity index (χ2n) is 12.6. The molecular formula is C39H44N4O5S. The fraction of sp³-hybridized carbons (Fsp3) is 0.333. The summed E-state index contributed by atoms with van der Waals surface area (Å²) in [6.45, 7) is 4.00. The molecule has 1 fully saturated rings. The van der Waals surface area contributed by atoms with Gasteiger partial charge in [-0.25, -0.2) is 4.79 Å². The molecule has 3 aromatic carbocycles. The van der Waals surface area contributed by atoms with Gasteiger partial charge in [0.1, 0.15) is 11.9 Å². The van der Waals surface area contributed by atoms with Crippen LogP contribution in [0.25, 0.3) is 21.3 Å². The Morgan fingerprint density at radius 3 is 2.49 bits per heavy atom. The maximum absolute atomic E-state index is 12.7. The van der Waals surface area contributed by atoms with Crippen LogP contribution < -0.4 is 16.2 Å². The molecule has 0 unspecified atom stereocenters. The van der Waals surface area contributed by atoms with Gasteiger partial charge in [0.05, 0.1) is 17.3 Å². The number of amides is 1. The number of aryl methyl sites for hydroxylation is 1. The van der Waals surface area contributed by atoms with Gasteiger partial charge in [-0.3, -0.25) is 10.1 Å². The number of carbonyl (C=O) groups excluding carboxylic acids is 1. The highest BCUT2D eigenvalue weighted by Crippen LogP contribution is 2.32. The second-order valence-corrected chi connectivity index (χ2v) is 13.6. The van der Waals surface area contributed by atoms with Crippen LogP contribution in [-0.2, 0) is 17.6 Å². The van der Waals surface area contributed by atoms with Crippen LogP contribution in [0.3, 0.4) is 0 Å². The molecule has 3 heterocycles. The number of piperidine rings is 1. The van der Waals surface area contributed by atoms with Gasteiger partial charge < -0.3 is 30.2 Å². The van der Waals surface area contributed by atoms with Crippen LogP contribution in [0.1, 0.15) is 48.5 Å². The van der Waals surface area contributed by atoms with E-state index in [1.807, 2.05) is 41.8 Å². The first kappa shape index (κ1) is 34.4. The number of nitrogens with one attached hydrogen (secondary N) is 3. The van der Waals surface area contributed by atoms with E-state index < -0.39 is 12.2 Å². The lowest BCUT2D eigenvalue weighted by atomic mass is 10.0. The Morgan fingerprint density at radius 2 is 1.71 bits per heavy atom. The lowest BCUT2D eigenvalue weighted by Gasteiger charge is -2.31. The predicted molar refractivity (Wildman–Crippen MR) is 196 cm³/mol. The van der Waals surface area contributed by atoms with E-state index in [4.69, 9.17) is 4.74 Å². The van der Waals surface area contributed by atoms with Gasteiger partial charge in [0.2, 0.25) is 5.56 Å². The average molecular weight is 681 g/mol. The molecule has 6 rings (SSSR count). The minimum atomic E-state index is -0.752. The Hall–Kier alpha value is -4.48. The standard InChI is InChI=1S/C39H44N4O5S/c44-34-16-14-30(31-15-17-37(46)42-38(31)34)35(45)26-40-21-4-3-6-27-10-12-28(13-11-27)18-22-43-23-19-29(20-24-43)48-39(47)41-33-8-2-1-7-32(33)36-9-5-25-49-36/h1-2,5,7-17,25,29,35,40,44-45H,3-4,6,18-24,26H2,(H,41,47)(H,42,46)/t35-/m0/s1. The number of nitrogens with zero attached hydrogens (tertiary/aromatic N) is 1. The van der Waals surface area contributed by atoms with Crippen molar-refractivity contribution in [2.75, 3.05) is 38.0 Å². The van der Waals surface area contributed by atoms with Crippen molar-refractivity contribution in [3.63, 3.8) is 0 Å². The number of hydrogen-bond acceptors (Lipinski definition) is 8. The second kappa shape index (κ2) is 16.8. The van der Waals surface area contributed by atoms with Gasteiger partial charge in [0.15, 0.2) is 0 Å². The van der Waals surface area contributed by atoms with E-state index in [1.54, 1.807) is 23.5 Å². The van der Waals surface area contributed by atoms with Crippen molar-refractivity contribution in [2.24, 2.45) is 0 Å². The molecule has 0 radical (unpaired) electrons. The number of aliphatic hydroxyl groups excluding tert-OH is 1. The molecule has 0 aliphatic carbocycles. The molecule has 0 saturated carbocycles. The van der Waals surface area contributed by atoms with E-state index in [2.05, 4.69) is 44.8 Å². The minimum Gasteiger partial charge on any atom is -0.506 e. The molecule has 5 aromatic rings. The SMILES string of the molecule is O=C(Nc1ccccc1-c1cccs1)OC1CCN(CCc2ccc(CCCCNC[C@H](O)c3ccc(O)c4[nH]c(=O)ccc34)cc2)CC1. The summed E-state index contributed by atoms with van der Waals surface area (Å²) in [5.41, 5.74) is 5.14. The number of aliphatic hydroxyl groups is 1. The lowest BCUT2D eigenvalue weighted by Crippen LogP contribution is -2.39. The molecule has 1 aliphatic rings. The summed E-state index contributed by atoms with van der Waals surface area (Å²) < 4.78 is 5.79. The Morgan fingerprint density at radius 1 is 0.939 bits per heavy atom. The number of aromatic hydroxyl groups is 1. The van der Waals surface area contributed by atoms with Crippen LogP contribution in [0.15, 0.2) is 95.1 Å². The molecule has 0 bridgehead atoms. The summed E-state index contributed by atoms with van der Waals surface area (Å²) in [6, 6.07) is 27.0. The zero-order valence-electron chi connectivity index (χ0n) is 27.6. The third-order valence-corrected chi connectivity index (χ3v) is 10.1. The summed E-state index contributed by atoms with van der Waals surface area (Å²) in [7, 11) is 0. The topological polar surface area (TPSA) is 127 Å². The van der Waals surface area contributed by atoms with Crippen LogP contribution in [-0.4, -0.2) is 65.0 Å². The van der Waals surface area contributed by atoms with E-state index in [9.17, 15) is 19.8 Å². The van der Waals surface area contributed by atoms with Crippen molar-refractivity contribution in [1.82, 2.24) is 15.2 Å². The molecule has 2 aromatic heterocycles. The number of fused-ring (bicyclic) bond motifs is 1. The number of unbranched alkanes of at least 4 members (excludes halogenated alkanes) is 1. The van der Waals surface area contributed by atoms with E-state index in [-0.39, 0.29) is 17.4 Å². The third kappa shape index (κ3) is 9.36. The maximum atomic E-state index is 12.7. The summed E-state index contributed by atoms with van der Waals surface area (Å²) in [5.74, 6) is -0.0112. The van der Waals surface area contributed by atoms with Crippen LogP contribution in [0, 0.1) is 0 Å². The summed E-state index contributed by atoms with van der Waals surface area (Å²) >= 11 is 1.65. The fourth-order valence-corrected chi connectivity index (χ4v) is 7.18. The Labute approximate surface area is 290 Å². The minimum absolute atomic E-state index is 0.0112. The monoisotopic (exact) mass is 680 g/mol. The first-order chi connectivity index (χ1) is 23.9. The van der Waals surface area contributed by atoms with Gasteiger partial charge in [0.25, 0.3) is 0 Å². The number of rotatable bonds is 14. The van der Waals surface area contributed by atoms with Gasteiger partial charge in [-0.05, 0) is 91.4 Å². The van der Waals surface area contributed by atoms with E-state index in [0.717, 1.165) is 80.8 Å². The average Bonchev–Trinajstić information content (AvgIpc) is 3.66. The van der Waals surface area contributed by atoms with Crippen molar-refractivity contribution in [3.8, 4) is 16.2 Å². The van der Waals surface area contributed by atoms with Crippen molar-refractivity contribution in [2.45, 2.75) is 50.7 Å². The van der Waals surface area contributed by atoms with Gasteiger partial charge in [-0.1, -0.05) is 54.6 Å². The Kier molecular flexibility index (Phi) is 11.8. The zero-order valence-corrected chi connectivity index (χ0v) is 28.4. The number of thiophene rings is 1. The van der Waals surface area contributed by atoms with Crippen LogP contribution in [0.2, 0.25) is 0 Å². The van der Waals surface area contributed by atoms with E-state index in [1.165, 1.54) is 23.3 Å². The van der Waals surface area contributed by atoms with Crippen molar-refractivity contribution in [3.05, 3.63) is 117 Å². The van der Waals surface area contributed by atoms with Crippen LogP contribution in [0.4, 0.5) is 10.5 Å². The zero-order chi connectivity index (χ0) is 34.0. The van der Waals surface area contributed by atoms with E-state index >= 15 is 0 Å². The number of ether oxygens (including phenoxy) is 1. The number of pyridine rings is 1. The van der Waals surface area contributed by atoms with E-state index in [0.29, 0.717) is 23.0 Å². The number of likely N-dealkylation sites (tertiary alicyclic amines) is 1. The molecule has 1 atom stereocenters. The number of aromatic nitrogens is 1. The smallest absolute Gasteiger partial charge is 0.411 e. The van der Waals surface area contributed by atoms with Gasteiger partial charge >= 0.3 is 6.09 Å². The molecule has 256 valence electrons. The molecule has 10 heteroatoms. The normalized spacial score (nSPS) is 14.6. The quantitative estimate of drug-likeness (QED) is 0.0811. The van der Waals surface area contributed by atoms with Crippen molar-refractivity contribution < 1.29 is 19.7 Å². The number of phenols is 1. The van der Waals surface area contributed by atoms with Gasteiger partial charge in [-0.15, -0.1) is 11.3 Å². The molecule has 1 amide bonds. The van der Waals surface area contributed by atoms with Crippen molar-refractivity contribution in [1.29, 1.82) is 0 Å². The first-order valence-electron chi connectivity index (χ1n) is 17.1. The number of para-hydroxylation sites is 1. The number of aromatic amines is 1. The largest absolute Gasteiger partial charge is 0.506 e. The molecular weight excluding hydrogens is 637 g/mol. The van der Waals surface area contributed by atoms with Gasteiger partial charge in [0, 0.05) is 48.1 Å². The highest BCUT2D eigenvalue weighted by molar-refractivity contribution is 7.13. The predicted octanol–water partition coefficient (Wildman–Crippen LogP) is 6.86. The number of H-pyrrole nitrogens is 1. The number of phenolic OH excluding ortho intramolecular Hbond substituents is 1. The fourth-order valence-electron chi connectivity index (χ4n) is 6.42. The summed E-state index contributed by atoms with van der Waals surface area (Å²) in [4.78, 5) is 30.5. The molecule has 5 N–H and O–H groups in total. The highest BCUT2D eigenvalue weighted by Gasteiger charge is 2.23.